The smallest absolute Gasteiger partial charge is 0.0270 e. The van der Waals surface area contributed by atoms with Crippen LogP contribution in [0.25, 0.3) is 5.57 Å². The number of hydrogen-bond acceptors (Lipinski definition) is 2. The van der Waals surface area contributed by atoms with Gasteiger partial charge in [-0.1, -0.05) is 24.3 Å². The predicted octanol–water partition coefficient (Wildman–Crippen LogP) is 1.94. The van der Waals surface area contributed by atoms with Crippen molar-refractivity contribution in [3.8, 4) is 0 Å². The zero-order valence-corrected chi connectivity index (χ0v) is 7.04. The van der Waals surface area contributed by atoms with Crippen molar-refractivity contribution in [3.63, 3.8) is 0 Å². The fraction of sp³-hybridized carbons (Fsp3) is 0.100. The molecular formula is C10H12N2. The molecule has 1 rings (SSSR count). The molecule has 12 heavy (non-hydrogen) atoms. The number of allylic oxidation sites excluding steroid dienone is 1. The van der Waals surface area contributed by atoms with Gasteiger partial charge in [0.15, 0.2) is 0 Å². The maximum atomic E-state index is 7.12. The van der Waals surface area contributed by atoms with Gasteiger partial charge < -0.3 is 11.1 Å². The Kier molecular flexibility index (Phi) is 2.64. The van der Waals surface area contributed by atoms with E-state index in [1.54, 1.807) is 0 Å². The van der Waals surface area contributed by atoms with E-state index in [1.807, 2.05) is 31.2 Å². The molecule has 1 aromatic rings. The Morgan fingerprint density at radius 3 is 2.58 bits per heavy atom. The average Bonchev–Trinajstić information content (AvgIpc) is 2.10. The third-order valence-electron chi connectivity index (χ3n) is 1.79. The third-order valence-corrected chi connectivity index (χ3v) is 1.79. The van der Waals surface area contributed by atoms with Gasteiger partial charge in [-0.15, -0.1) is 0 Å². The Morgan fingerprint density at radius 2 is 2.08 bits per heavy atom. The summed E-state index contributed by atoms with van der Waals surface area (Å²) in [6.45, 7) is 2.00. The van der Waals surface area contributed by atoms with Crippen LogP contribution in [-0.4, -0.2) is 6.21 Å². The molecule has 0 aliphatic carbocycles. The number of benzene rings is 1. The number of aryl methyl sites for hydroxylation is 1. The maximum Gasteiger partial charge on any atom is 0.0270 e. The van der Waals surface area contributed by atoms with Crippen molar-refractivity contribution in [3.05, 3.63) is 41.6 Å². The number of rotatable bonds is 2. The van der Waals surface area contributed by atoms with Crippen LogP contribution in [0.5, 0.6) is 0 Å². The highest BCUT2D eigenvalue weighted by atomic mass is 14.5. The van der Waals surface area contributed by atoms with Crippen LogP contribution in [0.4, 0.5) is 0 Å². The molecule has 62 valence electrons. The lowest BCUT2D eigenvalue weighted by molar-refractivity contribution is 1.42. The van der Waals surface area contributed by atoms with E-state index in [4.69, 9.17) is 11.1 Å². The first-order valence-corrected chi connectivity index (χ1v) is 3.78. The van der Waals surface area contributed by atoms with E-state index in [-0.39, 0.29) is 0 Å². The summed E-state index contributed by atoms with van der Waals surface area (Å²) >= 11 is 0. The summed E-state index contributed by atoms with van der Waals surface area (Å²) in [4.78, 5) is 0. The van der Waals surface area contributed by atoms with Gasteiger partial charge in [0.05, 0.1) is 0 Å². The SMILES string of the molecule is Cc1ccccc1/C(C=N)=C/N. The summed E-state index contributed by atoms with van der Waals surface area (Å²) in [5.74, 6) is 0. The summed E-state index contributed by atoms with van der Waals surface area (Å²) in [6, 6.07) is 7.87. The van der Waals surface area contributed by atoms with E-state index in [2.05, 4.69) is 0 Å². The normalized spacial score (nSPS) is 11.2. The minimum Gasteiger partial charge on any atom is -0.404 e. The van der Waals surface area contributed by atoms with Crippen molar-refractivity contribution in [2.45, 2.75) is 6.92 Å². The molecule has 0 aromatic heterocycles. The van der Waals surface area contributed by atoms with Crippen molar-refractivity contribution in [2.75, 3.05) is 0 Å². The van der Waals surface area contributed by atoms with Crippen LogP contribution < -0.4 is 5.73 Å². The highest BCUT2D eigenvalue weighted by Crippen LogP contribution is 2.15. The molecule has 0 atom stereocenters. The van der Waals surface area contributed by atoms with Crippen LogP contribution in [-0.2, 0) is 0 Å². The number of hydrogen-bond donors (Lipinski definition) is 2. The van der Waals surface area contributed by atoms with Crippen molar-refractivity contribution >= 4 is 11.8 Å². The molecule has 0 bridgehead atoms. The quantitative estimate of drug-likeness (QED) is 0.638. The standard InChI is InChI=1S/C10H12N2/c1-8-4-2-3-5-10(8)9(6-11)7-12/h2-7,11H,12H2,1H3/b9-7+,11-6?. The Balaban J connectivity index is 3.18. The van der Waals surface area contributed by atoms with Gasteiger partial charge in [-0.2, -0.15) is 0 Å². The predicted molar refractivity (Wildman–Crippen MR) is 52.1 cm³/mol. The van der Waals surface area contributed by atoms with Crippen LogP contribution in [0.15, 0.2) is 30.5 Å². The molecule has 0 unspecified atom stereocenters. The number of nitrogens with one attached hydrogen (secondary N) is 1. The van der Waals surface area contributed by atoms with E-state index in [0.29, 0.717) is 0 Å². The van der Waals surface area contributed by atoms with Gasteiger partial charge in [0, 0.05) is 18.0 Å². The lowest BCUT2D eigenvalue weighted by Crippen LogP contribution is -1.92. The van der Waals surface area contributed by atoms with Gasteiger partial charge in [0.25, 0.3) is 0 Å². The summed E-state index contributed by atoms with van der Waals surface area (Å²) in [5.41, 5.74) is 8.29. The molecule has 0 aliphatic rings. The van der Waals surface area contributed by atoms with Crippen LogP contribution in [0.2, 0.25) is 0 Å². The molecule has 2 heteroatoms. The van der Waals surface area contributed by atoms with E-state index in [0.717, 1.165) is 16.7 Å². The third kappa shape index (κ3) is 1.53. The summed E-state index contributed by atoms with van der Waals surface area (Å²) < 4.78 is 0. The van der Waals surface area contributed by atoms with E-state index >= 15 is 0 Å². The van der Waals surface area contributed by atoms with E-state index in [1.165, 1.54) is 12.4 Å². The molecule has 0 fully saturated rings. The van der Waals surface area contributed by atoms with Crippen LogP contribution in [0.3, 0.4) is 0 Å². The first-order chi connectivity index (χ1) is 5.79. The molecule has 1 aromatic carbocycles. The molecule has 0 spiro atoms. The minimum atomic E-state index is 0.758. The fourth-order valence-corrected chi connectivity index (χ4v) is 1.11. The van der Waals surface area contributed by atoms with Gasteiger partial charge in [-0.25, -0.2) is 0 Å². The lowest BCUT2D eigenvalue weighted by atomic mass is 10.0. The van der Waals surface area contributed by atoms with E-state index < -0.39 is 0 Å². The van der Waals surface area contributed by atoms with Gasteiger partial charge >= 0.3 is 0 Å². The van der Waals surface area contributed by atoms with Crippen LogP contribution in [0.1, 0.15) is 11.1 Å². The second-order valence-electron chi connectivity index (χ2n) is 2.58. The monoisotopic (exact) mass is 160 g/mol. The summed E-state index contributed by atoms with van der Waals surface area (Å²) in [7, 11) is 0. The molecule has 0 amide bonds. The fourth-order valence-electron chi connectivity index (χ4n) is 1.11. The molecule has 0 saturated carbocycles. The van der Waals surface area contributed by atoms with Gasteiger partial charge in [-0.3, -0.25) is 0 Å². The van der Waals surface area contributed by atoms with Gasteiger partial charge in [0.1, 0.15) is 0 Å². The van der Waals surface area contributed by atoms with Crippen molar-refractivity contribution < 1.29 is 0 Å². The average molecular weight is 160 g/mol. The molecule has 2 nitrogen and oxygen atoms in total. The Hall–Kier alpha value is -1.57. The Morgan fingerprint density at radius 1 is 1.42 bits per heavy atom. The second-order valence-corrected chi connectivity index (χ2v) is 2.58. The Bertz CT molecular complexity index is 313. The minimum absolute atomic E-state index is 0.758. The zero-order chi connectivity index (χ0) is 8.97. The summed E-state index contributed by atoms with van der Waals surface area (Å²) in [5, 5.41) is 7.12. The highest BCUT2D eigenvalue weighted by molar-refractivity contribution is 6.08. The summed E-state index contributed by atoms with van der Waals surface area (Å²) in [6.07, 6.45) is 2.72. The zero-order valence-electron chi connectivity index (χ0n) is 7.04. The largest absolute Gasteiger partial charge is 0.404 e. The van der Waals surface area contributed by atoms with Gasteiger partial charge in [-0.05, 0) is 18.1 Å². The second kappa shape index (κ2) is 3.72. The van der Waals surface area contributed by atoms with Crippen molar-refractivity contribution in [2.24, 2.45) is 5.73 Å². The topological polar surface area (TPSA) is 49.9 Å². The van der Waals surface area contributed by atoms with Gasteiger partial charge in [0.2, 0.25) is 0 Å². The molecule has 3 N–H and O–H groups in total. The van der Waals surface area contributed by atoms with Crippen LogP contribution >= 0.6 is 0 Å². The molecule has 0 heterocycles. The maximum absolute atomic E-state index is 7.12. The Labute approximate surface area is 72.2 Å². The highest BCUT2D eigenvalue weighted by Gasteiger charge is 1.99. The van der Waals surface area contributed by atoms with Crippen LogP contribution in [0, 0.1) is 12.3 Å². The van der Waals surface area contributed by atoms with Crippen molar-refractivity contribution in [1.82, 2.24) is 0 Å². The first kappa shape index (κ1) is 8.53. The van der Waals surface area contributed by atoms with E-state index in [9.17, 15) is 0 Å². The molecule has 0 radical (unpaired) electrons. The van der Waals surface area contributed by atoms with Crippen molar-refractivity contribution in [1.29, 1.82) is 5.41 Å². The molecule has 0 aliphatic heterocycles. The molecule has 0 saturated heterocycles. The number of nitrogens with two attached hydrogens (primary N) is 1. The lowest BCUT2D eigenvalue weighted by Gasteiger charge is -2.03. The first-order valence-electron chi connectivity index (χ1n) is 3.78. The molecular weight excluding hydrogens is 148 g/mol.